The van der Waals surface area contributed by atoms with Gasteiger partial charge >= 0.3 is 6.03 Å². The number of para-hydroxylation sites is 1. The lowest BCUT2D eigenvalue weighted by molar-refractivity contribution is 0.252. The molecule has 3 rings (SSSR count). The van der Waals surface area contributed by atoms with E-state index in [1.807, 2.05) is 18.2 Å². The van der Waals surface area contributed by atoms with Crippen LogP contribution in [0.4, 0.5) is 16.2 Å². The Kier molecular flexibility index (Phi) is 5.93. The van der Waals surface area contributed by atoms with Crippen LogP contribution in [0.25, 0.3) is 0 Å². The first-order chi connectivity index (χ1) is 13.4. The van der Waals surface area contributed by atoms with E-state index in [-0.39, 0.29) is 12.3 Å². The van der Waals surface area contributed by atoms with Crippen LogP contribution in [0.2, 0.25) is 0 Å². The van der Waals surface area contributed by atoms with E-state index in [1.54, 1.807) is 24.3 Å². The minimum absolute atomic E-state index is 0.00863. The van der Waals surface area contributed by atoms with Crippen LogP contribution in [0.1, 0.15) is 5.56 Å². The molecule has 0 spiro atoms. The molecule has 150 valence electrons. The Morgan fingerprint density at radius 3 is 2.68 bits per heavy atom. The zero-order chi connectivity index (χ0) is 20.1. The highest BCUT2D eigenvalue weighted by Crippen LogP contribution is 2.30. The summed E-state index contributed by atoms with van der Waals surface area (Å²) in [5.41, 5.74) is 2.19. The number of rotatable bonds is 7. The molecular weight excluding hydrogens is 382 g/mol. The second kappa shape index (κ2) is 8.39. The molecule has 8 nitrogen and oxygen atoms in total. The number of sulfonamides is 1. The zero-order valence-electron chi connectivity index (χ0n) is 15.8. The summed E-state index contributed by atoms with van der Waals surface area (Å²) in [5, 5.41) is 5.22. The molecule has 0 aromatic heterocycles. The van der Waals surface area contributed by atoms with Gasteiger partial charge in [0, 0.05) is 19.2 Å². The van der Waals surface area contributed by atoms with Crippen molar-refractivity contribution in [1.29, 1.82) is 0 Å². The van der Waals surface area contributed by atoms with Gasteiger partial charge in [0.05, 0.1) is 31.3 Å². The highest BCUT2D eigenvalue weighted by molar-refractivity contribution is 7.92. The van der Waals surface area contributed by atoms with Crippen molar-refractivity contribution in [3.63, 3.8) is 0 Å². The van der Waals surface area contributed by atoms with E-state index in [2.05, 4.69) is 10.6 Å². The van der Waals surface area contributed by atoms with Crippen LogP contribution >= 0.6 is 0 Å². The van der Waals surface area contributed by atoms with Gasteiger partial charge in [-0.05, 0) is 30.2 Å². The van der Waals surface area contributed by atoms with Crippen molar-refractivity contribution >= 4 is 27.4 Å². The summed E-state index contributed by atoms with van der Waals surface area (Å²) in [6, 6.07) is 11.9. The van der Waals surface area contributed by atoms with E-state index in [0.29, 0.717) is 30.2 Å². The maximum atomic E-state index is 12.6. The number of hydrogen-bond acceptors (Lipinski definition) is 5. The third-order valence-electron chi connectivity index (χ3n) is 4.48. The Morgan fingerprint density at radius 2 is 1.93 bits per heavy atom. The molecular formula is C19H23N3O5S. The molecule has 1 aliphatic heterocycles. The number of urea groups is 1. The Hall–Kier alpha value is -2.94. The first-order valence-electron chi connectivity index (χ1n) is 8.80. The maximum absolute atomic E-state index is 12.6. The highest BCUT2D eigenvalue weighted by Gasteiger charge is 2.28. The van der Waals surface area contributed by atoms with Crippen molar-refractivity contribution in [2.24, 2.45) is 0 Å². The molecule has 1 heterocycles. The average molecular weight is 405 g/mol. The van der Waals surface area contributed by atoms with E-state index >= 15 is 0 Å². The summed E-state index contributed by atoms with van der Waals surface area (Å²) in [7, 11) is -0.494. The molecule has 0 saturated heterocycles. The molecule has 0 aliphatic carbocycles. The second-order valence-electron chi connectivity index (χ2n) is 6.21. The number of fused-ring (bicyclic) bond motifs is 1. The van der Waals surface area contributed by atoms with Gasteiger partial charge in [0.1, 0.15) is 11.5 Å². The number of methoxy groups -OCH3 is 2. The molecule has 1 aliphatic rings. The molecule has 0 unspecified atom stereocenters. The second-order valence-corrected chi connectivity index (χ2v) is 8.23. The Balaban J connectivity index is 1.56. The predicted molar refractivity (Wildman–Crippen MR) is 108 cm³/mol. The number of benzene rings is 2. The minimum atomic E-state index is -3.51. The van der Waals surface area contributed by atoms with Crippen LogP contribution in [-0.2, 0) is 16.4 Å². The molecule has 0 fully saturated rings. The quantitative estimate of drug-likeness (QED) is 0.736. The van der Waals surface area contributed by atoms with Crippen molar-refractivity contribution in [1.82, 2.24) is 5.32 Å². The van der Waals surface area contributed by atoms with Crippen LogP contribution < -0.4 is 24.4 Å². The molecule has 28 heavy (non-hydrogen) atoms. The summed E-state index contributed by atoms with van der Waals surface area (Å²) in [6.45, 7) is 0.419. The van der Waals surface area contributed by atoms with Crippen LogP contribution in [0, 0.1) is 0 Å². The summed E-state index contributed by atoms with van der Waals surface area (Å²) >= 11 is 0. The van der Waals surface area contributed by atoms with Crippen molar-refractivity contribution in [3.8, 4) is 11.5 Å². The van der Waals surface area contributed by atoms with Crippen molar-refractivity contribution in [2.75, 3.05) is 42.7 Å². The highest BCUT2D eigenvalue weighted by atomic mass is 32.2. The van der Waals surface area contributed by atoms with Gasteiger partial charge in [-0.1, -0.05) is 18.2 Å². The molecule has 2 aromatic rings. The number of carbonyl (C=O) groups excluding carboxylic acids is 1. The van der Waals surface area contributed by atoms with Crippen LogP contribution in [0.5, 0.6) is 11.5 Å². The number of anilines is 2. The molecule has 0 bridgehead atoms. The number of hydrogen-bond donors (Lipinski definition) is 2. The summed E-state index contributed by atoms with van der Waals surface area (Å²) in [6.07, 6.45) is 0.695. The standard InChI is InChI=1S/C19H23N3O5S/c1-26-15-7-8-16(18(13-15)27-2)21-19(23)20-10-12-28(24,25)22-11-9-14-5-3-4-6-17(14)22/h3-8,13H,9-12H2,1-2H3,(H2,20,21,23). The van der Waals surface area contributed by atoms with Crippen LogP contribution in [0.15, 0.2) is 42.5 Å². The van der Waals surface area contributed by atoms with E-state index in [1.165, 1.54) is 18.5 Å². The third kappa shape index (κ3) is 4.30. The Labute approximate surface area is 164 Å². The zero-order valence-corrected chi connectivity index (χ0v) is 16.6. The lowest BCUT2D eigenvalue weighted by Gasteiger charge is -2.19. The van der Waals surface area contributed by atoms with Crippen molar-refractivity contribution in [2.45, 2.75) is 6.42 Å². The van der Waals surface area contributed by atoms with E-state index in [4.69, 9.17) is 9.47 Å². The number of amides is 2. The maximum Gasteiger partial charge on any atom is 0.319 e. The van der Waals surface area contributed by atoms with Gasteiger partial charge in [-0.25, -0.2) is 13.2 Å². The van der Waals surface area contributed by atoms with Crippen molar-refractivity contribution in [3.05, 3.63) is 48.0 Å². The molecule has 9 heteroatoms. The largest absolute Gasteiger partial charge is 0.497 e. The summed E-state index contributed by atoms with van der Waals surface area (Å²) in [4.78, 5) is 12.1. The molecule has 0 radical (unpaired) electrons. The monoisotopic (exact) mass is 405 g/mol. The van der Waals surface area contributed by atoms with Gasteiger partial charge < -0.3 is 20.1 Å². The fourth-order valence-corrected chi connectivity index (χ4v) is 4.50. The topological polar surface area (TPSA) is 97.0 Å². The van der Waals surface area contributed by atoms with Crippen LogP contribution in [0.3, 0.4) is 0 Å². The van der Waals surface area contributed by atoms with Crippen LogP contribution in [-0.4, -0.2) is 47.5 Å². The first kappa shape index (κ1) is 19.8. The average Bonchev–Trinajstić information content (AvgIpc) is 3.13. The predicted octanol–water partition coefficient (Wildman–Crippen LogP) is 2.22. The number of nitrogens with zero attached hydrogens (tertiary/aromatic N) is 1. The Bertz CT molecular complexity index is 962. The fourth-order valence-electron chi connectivity index (χ4n) is 3.07. The summed E-state index contributed by atoms with van der Waals surface area (Å²) in [5.74, 6) is 0.852. The molecule has 2 N–H and O–H groups in total. The number of ether oxygens (including phenoxy) is 2. The molecule has 2 amide bonds. The van der Waals surface area contributed by atoms with Gasteiger partial charge in [0.15, 0.2) is 0 Å². The first-order valence-corrected chi connectivity index (χ1v) is 10.4. The molecule has 0 atom stereocenters. The van der Waals surface area contributed by atoms with E-state index in [9.17, 15) is 13.2 Å². The molecule has 0 saturated carbocycles. The number of nitrogens with one attached hydrogen (secondary N) is 2. The lowest BCUT2D eigenvalue weighted by atomic mass is 10.2. The minimum Gasteiger partial charge on any atom is -0.497 e. The van der Waals surface area contributed by atoms with E-state index in [0.717, 1.165) is 11.3 Å². The molecule has 2 aromatic carbocycles. The third-order valence-corrected chi connectivity index (χ3v) is 6.25. The van der Waals surface area contributed by atoms with Gasteiger partial charge in [0.2, 0.25) is 10.0 Å². The van der Waals surface area contributed by atoms with Crippen molar-refractivity contribution < 1.29 is 22.7 Å². The van der Waals surface area contributed by atoms with Gasteiger partial charge in [-0.2, -0.15) is 0 Å². The SMILES string of the molecule is COc1ccc(NC(=O)NCCS(=O)(=O)N2CCc3ccccc32)c(OC)c1. The summed E-state index contributed by atoms with van der Waals surface area (Å²) < 4.78 is 37.0. The smallest absolute Gasteiger partial charge is 0.319 e. The Morgan fingerprint density at radius 1 is 1.14 bits per heavy atom. The van der Waals surface area contributed by atoms with Gasteiger partial charge in [-0.3, -0.25) is 4.31 Å². The normalized spacial score (nSPS) is 13.0. The number of carbonyl (C=O) groups is 1. The van der Waals surface area contributed by atoms with Gasteiger partial charge in [-0.15, -0.1) is 0 Å². The van der Waals surface area contributed by atoms with Gasteiger partial charge in [0.25, 0.3) is 0 Å². The van der Waals surface area contributed by atoms with E-state index < -0.39 is 16.1 Å². The fraction of sp³-hybridized carbons (Fsp3) is 0.316. The lowest BCUT2D eigenvalue weighted by Crippen LogP contribution is -2.38.